The first-order chi connectivity index (χ1) is 6.19. The summed E-state index contributed by atoms with van der Waals surface area (Å²) in [5.74, 6) is 1.72. The summed E-state index contributed by atoms with van der Waals surface area (Å²) in [4.78, 5) is 4.41. The fourth-order valence-electron chi connectivity index (χ4n) is 1.32. The van der Waals surface area contributed by atoms with Gasteiger partial charge in [0.2, 0.25) is 5.89 Å². The molecular weight excluding hydrogens is 162 g/mol. The molecule has 1 aromatic rings. The van der Waals surface area contributed by atoms with E-state index < -0.39 is 0 Å². The second-order valence-corrected chi connectivity index (χ2v) is 3.17. The molecule has 2 nitrogen and oxygen atoms in total. The summed E-state index contributed by atoms with van der Waals surface area (Å²) in [6.45, 7) is 8.20. The van der Waals surface area contributed by atoms with E-state index in [9.17, 15) is 0 Å². The van der Waals surface area contributed by atoms with Crippen molar-refractivity contribution in [2.45, 2.75) is 40.5 Å². The van der Waals surface area contributed by atoms with Crippen molar-refractivity contribution in [1.29, 1.82) is 0 Å². The molecule has 13 heavy (non-hydrogen) atoms. The van der Waals surface area contributed by atoms with Gasteiger partial charge in [-0.2, -0.15) is 0 Å². The van der Waals surface area contributed by atoms with Gasteiger partial charge in [-0.1, -0.05) is 19.9 Å². The number of allylic oxidation sites excluding steroid dienone is 2. The van der Waals surface area contributed by atoms with E-state index >= 15 is 0 Å². The lowest BCUT2D eigenvalue weighted by Gasteiger charge is -1.91. The lowest BCUT2D eigenvalue weighted by molar-refractivity contribution is 0.510. The predicted octanol–water partition coefficient (Wildman–Crippen LogP) is 3.36. The van der Waals surface area contributed by atoms with E-state index in [1.165, 1.54) is 0 Å². The number of nitrogens with zero attached hydrogens (tertiary/aromatic N) is 1. The minimum absolute atomic E-state index is 0.774. The molecule has 0 radical (unpaired) electrons. The Bertz CT molecular complexity index is 310. The van der Waals surface area contributed by atoms with Crippen molar-refractivity contribution < 1.29 is 4.42 Å². The average molecular weight is 179 g/mol. The van der Waals surface area contributed by atoms with Crippen molar-refractivity contribution in [3.63, 3.8) is 0 Å². The smallest absolute Gasteiger partial charge is 0.221 e. The summed E-state index contributed by atoms with van der Waals surface area (Å²) in [5.41, 5.74) is 2.20. The molecule has 0 aliphatic heterocycles. The molecule has 2 heteroatoms. The standard InChI is InChI=1S/C11H17NO/c1-5-7-8(3)11-12-10(6-2)9(4)13-11/h7H,5-6H2,1-4H3/b8-7+. The molecule has 0 N–H and O–H groups in total. The third kappa shape index (κ3) is 2.20. The molecule has 0 saturated carbocycles. The third-order valence-electron chi connectivity index (χ3n) is 2.08. The Kier molecular flexibility index (Phi) is 3.29. The Hall–Kier alpha value is -1.05. The summed E-state index contributed by atoms with van der Waals surface area (Å²) in [6, 6.07) is 0. The highest BCUT2D eigenvalue weighted by atomic mass is 16.4. The Morgan fingerprint density at radius 2 is 2.15 bits per heavy atom. The van der Waals surface area contributed by atoms with Gasteiger partial charge in [-0.15, -0.1) is 0 Å². The largest absolute Gasteiger partial charge is 0.442 e. The molecule has 0 amide bonds. The Morgan fingerprint density at radius 3 is 2.62 bits per heavy atom. The van der Waals surface area contributed by atoms with E-state index in [1.54, 1.807) is 0 Å². The van der Waals surface area contributed by atoms with Crippen LogP contribution in [-0.2, 0) is 6.42 Å². The van der Waals surface area contributed by atoms with Gasteiger partial charge in [-0.25, -0.2) is 4.98 Å². The maximum absolute atomic E-state index is 5.54. The highest BCUT2D eigenvalue weighted by Gasteiger charge is 2.08. The van der Waals surface area contributed by atoms with Gasteiger partial charge in [0, 0.05) is 5.57 Å². The molecule has 0 fully saturated rings. The molecule has 1 aromatic heterocycles. The number of rotatable bonds is 3. The molecule has 0 saturated heterocycles. The van der Waals surface area contributed by atoms with Crippen molar-refractivity contribution in [3.8, 4) is 0 Å². The number of hydrogen-bond acceptors (Lipinski definition) is 2. The highest BCUT2D eigenvalue weighted by molar-refractivity contribution is 5.56. The van der Waals surface area contributed by atoms with Crippen LogP contribution < -0.4 is 0 Å². The van der Waals surface area contributed by atoms with Crippen LogP contribution in [0.15, 0.2) is 10.5 Å². The quantitative estimate of drug-likeness (QED) is 0.711. The summed E-state index contributed by atoms with van der Waals surface area (Å²) in [7, 11) is 0. The highest BCUT2D eigenvalue weighted by Crippen LogP contribution is 2.17. The van der Waals surface area contributed by atoms with Crippen molar-refractivity contribution in [1.82, 2.24) is 4.98 Å². The summed E-state index contributed by atoms with van der Waals surface area (Å²) >= 11 is 0. The van der Waals surface area contributed by atoms with Crippen molar-refractivity contribution >= 4 is 5.57 Å². The molecule has 0 atom stereocenters. The van der Waals surface area contributed by atoms with Crippen LogP contribution in [0, 0.1) is 6.92 Å². The zero-order chi connectivity index (χ0) is 9.84. The molecule has 0 bridgehead atoms. The van der Waals surface area contributed by atoms with Crippen molar-refractivity contribution in [2.24, 2.45) is 0 Å². The maximum atomic E-state index is 5.54. The molecule has 0 aromatic carbocycles. The molecule has 0 aliphatic rings. The Morgan fingerprint density at radius 1 is 1.46 bits per heavy atom. The van der Waals surface area contributed by atoms with Crippen LogP contribution in [0.3, 0.4) is 0 Å². The van der Waals surface area contributed by atoms with Crippen LogP contribution in [0.25, 0.3) is 5.57 Å². The minimum atomic E-state index is 0.774. The topological polar surface area (TPSA) is 26.0 Å². The van der Waals surface area contributed by atoms with E-state index in [1.807, 2.05) is 13.8 Å². The fraction of sp³-hybridized carbons (Fsp3) is 0.545. The second-order valence-electron chi connectivity index (χ2n) is 3.17. The fourth-order valence-corrected chi connectivity index (χ4v) is 1.32. The van der Waals surface area contributed by atoms with Crippen LogP contribution in [0.5, 0.6) is 0 Å². The first-order valence-corrected chi connectivity index (χ1v) is 4.82. The molecule has 0 unspecified atom stereocenters. The normalized spacial score (nSPS) is 12.2. The first-order valence-electron chi connectivity index (χ1n) is 4.82. The number of aryl methyl sites for hydroxylation is 2. The molecule has 1 rings (SSSR count). The van der Waals surface area contributed by atoms with Gasteiger partial charge in [-0.3, -0.25) is 0 Å². The van der Waals surface area contributed by atoms with E-state index in [4.69, 9.17) is 4.42 Å². The predicted molar refractivity (Wildman–Crippen MR) is 54.6 cm³/mol. The van der Waals surface area contributed by atoms with Gasteiger partial charge in [0.05, 0.1) is 5.69 Å². The van der Waals surface area contributed by atoms with Crippen molar-refractivity contribution in [2.75, 3.05) is 0 Å². The van der Waals surface area contributed by atoms with Gasteiger partial charge in [0.1, 0.15) is 5.76 Å². The summed E-state index contributed by atoms with van der Waals surface area (Å²) < 4.78 is 5.54. The van der Waals surface area contributed by atoms with Gasteiger partial charge in [-0.05, 0) is 26.7 Å². The van der Waals surface area contributed by atoms with E-state index in [0.29, 0.717) is 0 Å². The van der Waals surface area contributed by atoms with Gasteiger partial charge < -0.3 is 4.42 Å². The van der Waals surface area contributed by atoms with E-state index in [0.717, 1.165) is 35.8 Å². The number of oxazole rings is 1. The molecule has 0 aliphatic carbocycles. The molecule has 1 heterocycles. The minimum Gasteiger partial charge on any atom is -0.442 e. The summed E-state index contributed by atoms with van der Waals surface area (Å²) in [5, 5.41) is 0. The Balaban J connectivity index is 2.96. The molecular formula is C11H17NO. The third-order valence-corrected chi connectivity index (χ3v) is 2.08. The Labute approximate surface area is 79.7 Å². The number of hydrogen-bond donors (Lipinski definition) is 0. The van der Waals surface area contributed by atoms with Crippen LogP contribution in [0.4, 0.5) is 0 Å². The van der Waals surface area contributed by atoms with Crippen LogP contribution >= 0.6 is 0 Å². The molecule has 0 spiro atoms. The van der Waals surface area contributed by atoms with Gasteiger partial charge in [0.25, 0.3) is 0 Å². The monoisotopic (exact) mass is 179 g/mol. The van der Waals surface area contributed by atoms with Crippen LogP contribution in [0.2, 0.25) is 0 Å². The maximum Gasteiger partial charge on any atom is 0.221 e. The molecule has 72 valence electrons. The van der Waals surface area contributed by atoms with Crippen LogP contribution in [-0.4, -0.2) is 4.98 Å². The SMILES string of the molecule is CC/C=C(\C)c1nc(CC)c(C)o1. The van der Waals surface area contributed by atoms with Crippen LogP contribution in [0.1, 0.15) is 44.5 Å². The van der Waals surface area contributed by atoms with Gasteiger partial charge in [0.15, 0.2) is 0 Å². The second kappa shape index (κ2) is 4.26. The zero-order valence-corrected chi connectivity index (χ0v) is 8.85. The number of aromatic nitrogens is 1. The zero-order valence-electron chi connectivity index (χ0n) is 8.85. The first kappa shape index (κ1) is 10.0. The van der Waals surface area contributed by atoms with E-state index in [2.05, 4.69) is 24.9 Å². The van der Waals surface area contributed by atoms with Gasteiger partial charge >= 0.3 is 0 Å². The lowest BCUT2D eigenvalue weighted by atomic mass is 10.2. The van der Waals surface area contributed by atoms with E-state index in [-0.39, 0.29) is 0 Å². The lowest BCUT2D eigenvalue weighted by Crippen LogP contribution is -1.83. The average Bonchev–Trinajstić information content (AvgIpc) is 2.47. The summed E-state index contributed by atoms with van der Waals surface area (Å²) in [6.07, 6.45) is 4.09. The van der Waals surface area contributed by atoms with Crippen molar-refractivity contribution in [3.05, 3.63) is 23.4 Å².